The number of carbonyl (C=O) groups is 2. The average Bonchev–Trinajstić information content (AvgIpc) is 2.50. The van der Waals surface area contributed by atoms with Crippen molar-refractivity contribution in [2.24, 2.45) is 5.14 Å². The minimum atomic E-state index is -4.39. The van der Waals surface area contributed by atoms with Gasteiger partial charge in [0.25, 0.3) is 25.2 Å². The summed E-state index contributed by atoms with van der Waals surface area (Å²) < 4.78 is 47.6. The van der Waals surface area contributed by atoms with E-state index in [9.17, 15) is 26.4 Å². The molecule has 0 unspecified atom stereocenters. The van der Waals surface area contributed by atoms with E-state index in [0.29, 0.717) is 5.39 Å². The van der Waals surface area contributed by atoms with Crippen molar-refractivity contribution in [1.82, 2.24) is 4.72 Å². The summed E-state index contributed by atoms with van der Waals surface area (Å²) in [6.07, 6.45) is -1.31. The molecule has 8 nitrogen and oxygen atoms in total. The highest BCUT2D eigenvalue weighted by Crippen LogP contribution is 2.18. The second kappa shape index (κ2) is 6.67. The van der Waals surface area contributed by atoms with Crippen LogP contribution in [0.15, 0.2) is 47.4 Å². The zero-order valence-electron chi connectivity index (χ0n) is 12.3. The van der Waals surface area contributed by atoms with Crippen LogP contribution in [0.2, 0.25) is 0 Å². The molecule has 1 amide bonds. The summed E-state index contributed by atoms with van der Waals surface area (Å²) in [6, 6.07) is 11.4. The number of amides is 1. The van der Waals surface area contributed by atoms with Gasteiger partial charge in [-0.05, 0) is 22.9 Å². The number of hydrogen-bond acceptors (Lipinski definition) is 6. The highest BCUT2D eigenvalue weighted by atomic mass is 32.2. The third-order valence-corrected chi connectivity index (χ3v) is 5.36. The lowest BCUT2D eigenvalue weighted by molar-refractivity contribution is -0.121. The maximum Gasteiger partial charge on any atom is 0.271 e. The van der Waals surface area contributed by atoms with Crippen molar-refractivity contribution in [3.63, 3.8) is 0 Å². The van der Waals surface area contributed by atoms with Crippen LogP contribution in [-0.4, -0.2) is 27.9 Å². The first-order valence-electron chi connectivity index (χ1n) is 6.70. The highest BCUT2D eigenvalue weighted by molar-refractivity contribution is 8.04. The average molecular weight is 370 g/mol. The quantitative estimate of drug-likeness (QED) is 0.772. The minimum absolute atomic E-state index is 0.118. The molecule has 0 atom stereocenters. The predicted octanol–water partition coefficient (Wildman–Crippen LogP) is 0.240. The van der Waals surface area contributed by atoms with Crippen molar-refractivity contribution in [3.05, 3.63) is 42.5 Å². The molecule has 0 aromatic heterocycles. The van der Waals surface area contributed by atoms with Crippen molar-refractivity contribution in [2.45, 2.75) is 17.7 Å². The number of nitrogens with one attached hydrogen (secondary N) is 1. The van der Waals surface area contributed by atoms with Gasteiger partial charge in [-0.25, -0.2) is 26.7 Å². The van der Waals surface area contributed by atoms with Gasteiger partial charge in [0, 0.05) is 12.8 Å². The fourth-order valence-electron chi connectivity index (χ4n) is 1.95. The van der Waals surface area contributed by atoms with Crippen molar-refractivity contribution < 1.29 is 26.4 Å². The Labute approximate surface area is 138 Å². The standard InChI is InChI=1S/C14H14N2O6S2/c15-23(19,20)14(18)8-7-13(17)16-24(21,22)12-6-5-10-3-1-2-4-11(10)9-12/h1-6,9H,7-8H2,(H,16,17)(H2,15,19,20). The summed E-state index contributed by atoms with van der Waals surface area (Å²) >= 11 is 0. The zero-order valence-corrected chi connectivity index (χ0v) is 13.9. The summed E-state index contributed by atoms with van der Waals surface area (Å²) in [4.78, 5) is 22.6. The Morgan fingerprint density at radius 2 is 1.54 bits per heavy atom. The first-order chi connectivity index (χ1) is 11.1. The first-order valence-corrected chi connectivity index (χ1v) is 9.72. The van der Waals surface area contributed by atoms with E-state index in [0.717, 1.165) is 5.39 Å². The second-order valence-corrected chi connectivity index (χ2v) is 8.18. The summed E-state index contributed by atoms with van der Waals surface area (Å²) in [7, 11) is -8.51. The molecule has 2 rings (SSSR count). The number of nitrogens with two attached hydrogens (primary N) is 1. The molecule has 10 heteroatoms. The van der Waals surface area contributed by atoms with E-state index in [1.54, 1.807) is 29.0 Å². The summed E-state index contributed by atoms with van der Waals surface area (Å²) in [5.74, 6) is -1.000. The van der Waals surface area contributed by atoms with Crippen molar-refractivity contribution >= 4 is 41.8 Å². The summed E-state index contributed by atoms with van der Waals surface area (Å²) in [6.45, 7) is 0. The van der Waals surface area contributed by atoms with Gasteiger partial charge in [0.1, 0.15) is 0 Å². The Kier molecular flexibility index (Phi) is 5.02. The van der Waals surface area contributed by atoms with Gasteiger partial charge in [0.2, 0.25) is 5.91 Å². The molecule has 0 fully saturated rings. The van der Waals surface area contributed by atoms with Gasteiger partial charge in [-0.15, -0.1) is 0 Å². The van der Waals surface area contributed by atoms with Crippen LogP contribution in [0.4, 0.5) is 0 Å². The molecular weight excluding hydrogens is 356 g/mol. The van der Waals surface area contributed by atoms with E-state index in [2.05, 4.69) is 5.14 Å². The molecule has 2 aromatic carbocycles. The van der Waals surface area contributed by atoms with Crippen LogP contribution in [0, 0.1) is 0 Å². The van der Waals surface area contributed by atoms with Gasteiger partial charge in [-0.3, -0.25) is 9.59 Å². The lowest BCUT2D eigenvalue weighted by Gasteiger charge is -2.07. The molecule has 0 aliphatic rings. The van der Waals surface area contributed by atoms with Crippen LogP contribution in [-0.2, 0) is 29.6 Å². The molecule has 0 spiro atoms. The number of benzene rings is 2. The van der Waals surface area contributed by atoms with E-state index in [1.807, 2.05) is 6.07 Å². The Morgan fingerprint density at radius 1 is 0.917 bits per heavy atom. The van der Waals surface area contributed by atoms with E-state index in [-0.39, 0.29) is 4.90 Å². The molecule has 0 bridgehead atoms. The van der Waals surface area contributed by atoms with Crippen LogP contribution in [0.25, 0.3) is 10.8 Å². The Balaban J connectivity index is 2.12. The number of carbonyl (C=O) groups excluding carboxylic acids is 2. The molecule has 2 aromatic rings. The van der Waals surface area contributed by atoms with Gasteiger partial charge in [-0.1, -0.05) is 30.3 Å². The van der Waals surface area contributed by atoms with E-state index < -0.39 is 43.9 Å². The van der Waals surface area contributed by atoms with Gasteiger partial charge < -0.3 is 0 Å². The molecular formula is C14H14N2O6S2. The monoisotopic (exact) mass is 370 g/mol. The van der Waals surface area contributed by atoms with Crippen molar-refractivity contribution in [1.29, 1.82) is 0 Å². The molecule has 0 saturated heterocycles. The van der Waals surface area contributed by atoms with Crippen LogP contribution in [0.5, 0.6) is 0 Å². The first kappa shape index (κ1) is 18.0. The van der Waals surface area contributed by atoms with Gasteiger partial charge in [0.05, 0.1) is 4.90 Å². The molecule has 0 heterocycles. The number of fused-ring (bicyclic) bond motifs is 1. The largest absolute Gasteiger partial charge is 0.280 e. The maximum absolute atomic E-state index is 12.2. The summed E-state index contributed by atoms with van der Waals surface area (Å²) in [5, 5.41) is 4.79. The lowest BCUT2D eigenvalue weighted by Crippen LogP contribution is -2.32. The number of hydrogen-bond donors (Lipinski definition) is 2. The van der Waals surface area contributed by atoms with Crippen LogP contribution in [0.1, 0.15) is 12.8 Å². The fourth-order valence-corrected chi connectivity index (χ4v) is 3.39. The van der Waals surface area contributed by atoms with Gasteiger partial charge in [0.15, 0.2) is 0 Å². The van der Waals surface area contributed by atoms with Crippen molar-refractivity contribution in [2.75, 3.05) is 0 Å². The highest BCUT2D eigenvalue weighted by Gasteiger charge is 2.21. The van der Waals surface area contributed by atoms with E-state index in [4.69, 9.17) is 0 Å². The van der Waals surface area contributed by atoms with Crippen LogP contribution < -0.4 is 9.86 Å². The Bertz CT molecular complexity index is 1010. The number of sulfonamides is 2. The van der Waals surface area contributed by atoms with Crippen molar-refractivity contribution in [3.8, 4) is 0 Å². The predicted molar refractivity (Wildman–Crippen MR) is 86.6 cm³/mol. The van der Waals surface area contributed by atoms with E-state index in [1.165, 1.54) is 12.1 Å². The Morgan fingerprint density at radius 3 is 2.17 bits per heavy atom. The fraction of sp³-hybridized carbons (Fsp3) is 0.143. The normalized spacial score (nSPS) is 12.0. The molecule has 0 saturated carbocycles. The Hall–Kier alpha value is -2.30. The molecule has 0 radical (unpaired) electrons. The minimum Gasteiger partial charge on any atom is -0.280 e. The van der Waals surface area contributed by atoms with Crippen LogP contribution >= 0.6 is 0 Å². The summed E-state index contributed by atoms with van der Waals surface area (Å²) in [5.41, 5.74) is 0. The SMILES string of the molecule is NS(=O)(=O)C(=O)CCC(=O)NS(=O)(=O)c1ccc2ccccc2c1. The van der Waals surface area contributed by atoms with Crippen LogP contribution in [0.3, 0.4) is 0 Å². The molecule has 0 aliphatic carbocycles. The number of primary sulfonamides is 1. The second-order valence-electron chi connectivity index (χ2n) is 4.95. The van der Waals surface area contributed by atoms with Gasteiger partial charge >= 0.3 is 0 Å². The third kappa shape index (κ3) is 4.37. The third-order valence-electron chi connectivity index (χ3n) is 3.15. The smallest absolute Gasteiger partial charge is 0.271 e. The lowest BCUT2D eigenvalue weighted by atomic mass is 10.1. The molecule has 0 aliphatic heterocycles. The van der Waals surface area contributed by atoms with E-state index >= 15 is 0 Å². The molecule has 24 heavy (non-hydrogen) atoms. The number of rotatable bonds is 5. The zero-order chi connectivity index (χ0) is 18.0. The molecule has 128 valence electrons. The maximum atomic E-state index is 12.2. The van der Waals surface area contributed by atoms with Gasteiger partial charge in [-0.2, -0.15) is 0 Å². The topological polar surface area (TPSA) is 140 Å². The molecule has 3 N–H and O–H groups in total.